The van der Waals surface area contributed by atoms with Gasteiger partial charge < -0.3 is 9.80 Å². The molecule has 4 aromatic rings. The first-order valence-corrected chi connectivity index (χ1v) is 29.5. The zero-order chi connectivity index (χ0) is 27.8. The van der Waals surface area contributed by atoms with Crippen molar-refractivity contribution in [3.05, 3.63) is 71.7 Å². The third-order valence-corrected chi connectivity index (χ3v) is 7.41. The van der Waals surface area contributed by atoms with E-state index in [1.165, 1.54) is 11.4 Å². The second-order valence-electron chi connectivity index (χ2n) is 8.61. The van der Waals surface area contributed by atoms with E-state index >= 15 is 0 Å². The van der Waals surface area contributed by atoms with Crippen LogP contribution in [0.1, 0.15) is 0 Å². The van der Waals surface area contributed by atoms with Gasteiger partial charge in [0, 0.05) is 48.3 Å². The molecule has 15 heteroatoms. The Morgan fingerprint density at radius 3 is 1.23 bits per heavy atom. The Balaban J connectivity index is 0.000000648. The number of rotatable bonds is 6. The van der Waals surface area contributed by atoms with E-state index in [0.29, 0.717) is 0 Å². The van der Waals surface area contributed by atoms with Crippen LogP contribution >= 0.6 is 61.4 Å². The molecule has 3 heterocycles. The Kier molecular flexibility index (Phi) is 11.1. The normalized spacial score (nSPS) is 14.2. The molecule has 0 N–H and O–H groups in total. The van der Waals surface area contributed by atoms with Crippen LogP contribution < -0.4 is 18.9 Å². The van der Waals surface area contributed by atoms with Crippen molar-refractivity contribution < 1.29 is 19.9 Å². The predicted octanol–water partition coefficient (Wildman–Crippen LogP) is 8.37. The minimum absolute atomic E-state index is 0.862. The average Bonchev–Trinajstić information content (AvgIpc) is 3.53. The van der Waals surface area contributed by atoms with E-state index in [1.54, 1.807) is 22.7 Å². The Morgan fingerprint density at radius 1 is 0.615 bits per heavy atom. The van der Waals surface area contributed by atoms with Crippen LogP contribution in [0.25, 0.3) is 0 Å². The molecule has 1 fully saturated rings. The number of piperazine rings is 1. The third-order valence-electron chi connectivity index (χ3n) is 5.73. The number of hydrogen-bond donors (Lipinski definition) is 0. The van der Waals surface area contributed by atoms with Crippen LogP contribution in [0.4, 0.5) is 33.0 Å². The van der Waals surface area contributed by atoms with Crippen LogP contribution in [0, 0.1) is 0 Å². The van der Waals surface area contributed by atoms with Crippen molar-refractivity contribution in [1.82, 2.24) is 0 Å². The van der Waals surface area contributed by atoms with Gasteiger partial charge in [0.25, 0.3) is 0 Å². The van der Waals surface area contributed by atoms with Crippen LogP contribution in [0.3, 0.4) is 0 Å². The molecule has 2 aromatic heterocycles. The van der Waals surface area contributed by atoms with Gasteiger partial charge in [-0.3, -0.25) is 0 Å². The summed E-state index contributed by atoms with van der Waals surface area (Å²) in [5, 5.41) is 23.1. The molecule has 0 saturated carbocycles. The number of azo groups is 2. The van der Waals surface area contributed by atoms with E-state index in [9.17, 15) is 0 Å². The number of thiazole rings is 2. The fourth-order valence-corrected chi connectivity index (χ4v) is 5.09. The zero-order valence-electron chi connectivity index (χ0n) is 21.4. The topological polar surface area (TPSA) is 63.7 Å². The zero-order valence-corrected chi connectivity index (χ0v) is 29.0. The molecule has 1 aliphatic heterocycles. The second kappa shape index (κ2) is 14.3. The second-order valence-corrected chi connectivity index (χ2v) is 38.1. The quantitative estimate of drug-likeness (QED) is 0.116. The number of anilines is 2. The van der Waals surface area contributed by atoms with Gasteiger partial charge in [-0.05, 0) is 81.4 Å². The molecule has 5 rings (SSSR count). The van der Waals surface area contributed by atoms with Crippen molar-refractivity contribution in [2.45, 2.75) is 0 Å². The standard InChI is InChI=1S/C24H26N8S2.4ClH.Zn/c1-29-15-17-33-23(29)27-25-19-3-7-21(8-4-19)31-11-13-32(14-12-31)22-9-5-20(6-10-22)26-28-24-30(2)16-18-34-24;;;;;/h3-10,15-18H,11-14H2,1-2H3;4*1H;/q+2;;;;;+2/p-4. The van der Waals surface area contributed by atoms with E-state index < -0.39 is 10.8 Å². The summed E-state index contributed by atoms with van der Waals surface area (Å²) in [6.45, 7) is 3.90. The van der Waals surface area contributed by atoms with Crippen LogP contribution in [0.2, 0.25) is 0 Å². The molecule has 0 bridgehead atoms. The van der Waals surface area contributed by atoms with E-state index in [2.05, 4.69) is 54.5 Å². The van der Waals surface area contributed by atoms with Gasteiger partial charge in [-0.1, -0.05) is 0 Å². The number of nitrogens with zero attached hydrogens (tertiary/aromatic N) is 8. The molecule has 0 amide bonds. The molecular weight excluding hydrogens is 672 g/mol. The Hall–Kier alpha value is -1.72. The summed E-state index contributed by atoms with van der Waals surface area (Å²) in [4.78, 5) is 4.83. The van der Waals surface area contributed by atoms with Gasteiger partial charge in [0.2, 0.25) is 0 Å². The summed E-state index contributed by atoms with van der Waals surface area (Å²) in [6.07, 6.45) is 3.96. The molecule has 0 radical (unpaired) electrons. The van der Waals surface area contributed by atoms with Crippen molar-refractivity contribution in [3.63, 3.8) is 0 Å². The van der Waals surface area contributed by atoms with Crippen molar-refractivity contribution in [2.75, 3.05) is 36.0 Å². The minimum atomic E-state index is -3.36. The van der Waals surface area contributed by atoms with Crippen molar-refractivity contribution in [1.29, 1.82) is 0 Å². The molecule has 0 aliphatic carbocycles. The first-order valence-electron chi connectivity index (χ1n) is 12.1. The fourth-order valence-electron chi connectivity index (χ4n) is 3.73. The van der Waals surface area contributed by atoms with E-state index in [-0.39, 0.29) is 0 Å². The summed E-state index contributed by atoms with van der Waals surface area (Å²) in [6, 6.07) is 16.6. The Labute approximate surface area is 254 Å². The fraction of sp³-hybridized carbons (Fsp3) is 0.250. The molecule has 0 spiro atoms. The summed E-state index contributed by atoms with van der Waals surface area (Å²) in [7, 11) is 20.8. The molecule has 2 aromatic carbocycles. The van der Waals surface area contributed by atoms with E-state index in [4.69, 9.17) is 38.8 Å². The molecule has 204 valence electrons. The van der Waals surface area contributed by atoms with E-state index in [0.717, 1.165) is 47.8 Å². The van der Waals surface area contributed by atoms with Crippen molar-refractivity contribution in [3.8, 4) is 0 Å². The molecule has 0 atom stereocenters. The van der Waals surface area contributed by atoms with Crippen molar-refractivity contribution in [2.24, 2.45) is 34.6 Å². The van der Waals surface area contributed by atoms with Crippen LogP contribution in [-0.2, 0) is 24.9 Å². The number of hydrogen-bond acceptors (Lipinski definition) is 8. The van der Waals surface area contributed by atoms with Gasteiger partial charge in [0.05, 0.1) is 24.3 Å². The van der Waals surface area contributed by atoms with Gasteiger partial charge >= 0.3 is 59.8 Å². The van der Waals surface area contributed by atoms with Gasteiger partial charge in [-0.25, -0.2) is 9.13 Å². The number of benzene rings is 2. The number of aryl methyl sites for hydroxylation is 2. The summed E-state index contributed by atoms with van der Waals surface area (Å²) in [5.41, 5.74) is 4.16. The summed E-state index contributed by atoms with van der Waals surface area (Å²) >= 11 is 3.15. The molecular formula is C24H26Cl4N8S2Zn. The third kappa shape index (κ3) is 9.71. The SMILES string of the molecule is C[n+]1ccsc1/N=N/c1ccc(N2CCN(c3ccc(/N=N/c4scc[n+]4C)cc3)CC2)cc1.[Cl][Zn-2]([Cl])([Cl])[Cl]. The number of halogens is 4. The first kappa shape index (κ1) is 30.2. The molecule has 8 nitrogen and oxygen atoms in total. The first-order chi connectivity index (χ1) is 18.7. The molecule has 1 aliphatic rings. The van der Waals surface area contributed by atoms with Gasteiger partial charge in [-0.15, -0.1) is 0 Å². The van der Waals surface area contributed by atoms with Crippen molar-refractivity contribution >= 4 is 94.5 Å². The Bertz CT molecular complexity index is 1290. The molecule has 1 saturated heterocycles. The maximum atomic E-state index is 5.05. The summed E-state index contributed by atoms with van der Waals surface area (Å²) in [5.74, 6) is 0. The van der Waals surface area contributed by atoms with Crippen LogP contribution in [-0.4, -0.2) is 26.2 Å². The van der Waals surface area contributed by atoms with Crippen LogP contribution in [0.15, 0.2) is 92.1 Å². The maximum absolute atomic E-state index is 5.05. The predicted molar refractivity (Wildman–Crippen MR) is 160 cm³/mol. The average molecular weight is 698 g/mol. The molecule has 0 unspecified atom stereocenters. The van der Waals surface area contributed by atoms with Gasteiger partial charge in [-0.2, -0.15) is 0 Å². The van der Waals surface area contributed by atoms with Crippen LogP contribution in [0.5, 0.6) is 0 Å². The van der Waals surface area contributed by atoms with E-state index in [1.807, 2.05) is 70.6 Å². The summed E-state index contributed by atoms with van der Waals surface area (Å²) < 4.78 is 3.93. The van der Waals surface area contributed by atoms with Gasteiger partial charge in [0.15, 0.2) is 0 Å². The Morgan fingerprint density at radius 2 is 0.949 bits per heavy atom. The monoisotopic (exact) mass is 694 g/mol. The number of aromatic nitrogens is 2. The molecule has 39 heavy (non-hydrogen) atoms. The van der Waals surface area contributed by atoms with Gasteiger partial charge in [0.1, 0.15) is 23.8 Å².